The molecule has 0 rings (SSSR count). The van der Waals surface area contributed by atoms with Crippen LogP contribution < -0.4 is 0 Å². The Balaban J connectivity index is -0.000000451. The van der Waals surface area contributed by atoms with Gasteiger partial charge in [-0.05, 0) is 10.1 Å². The molecule has 21 heteroatoms. The molecule has 0 atom stereocenters. The van der Waals surface area contributed by atoms with Gasteiger partial charge in [-0.3, -0.25) is 0 Å². The quantitative estimate of drug-likeness (QED) is 0.151. The van der Waals surface area contributed by atoms with Crippen molar-refractivity contribution in [1.29, 1.82) is 0 Å². The van der Waals surface area contributed by atoms with Crippen molar-refractivity contribution in [2.45, 2.75) is 24.2 Å². The van der Waals surface area contributed by atoms with E-state index in [9.17, 15) is 54.3 Å². The Morgan fingerprint density at radius 1 is 0.483 bits per heavy atom. The summed E-state index contributed by atoms with van der Waals surface area (Å²) in [6.45, 7) is 0. The average Bonchev–Trinajstić information content (AvgIpc) is 2.52. The molecule has 0 fully saturated rings. The number of hydroxylamine groups is 4. The Labute approximate surface area is 162 Å². The number of carboxylic acid groups (broad SMARTS) is 4. The Kier molecular flexibility index (Phi) is 10.8. The van der Waals surface area contributed by atoms with Gasteiger partial charge in [-0.2, -0.15) is 35.1 Å². The Morgan fingerprint density at radius 2 is 0.586 bits per heavy atom. The van der Waals surface area contributed by atoms with Crippen LogP contribution in [0.2, 0.25) is 0 Å². The standard InChI is InChI=1S/2C4H3F4NO5.V/c2*5-3(6,1(10)11)9(14)4(7,8)2(12)13;/h2*14H,(H,10,11)(H,12,13);/q;;+2. The van der Waals surface area contributed by atoms with Crippen LogP contribution in [0.15, 0.2) is 0 Å². The van der Waals surface area contributed by atoms with Crippen molar-refractivity contribution < 1.29 is 104 Å². The molecule has 0 aromatic heterocycles. The van der Waals surface area contributed by atoms with E-state index in [0.29, 0.717) is 0 Å². The van der Waals surface area contributed by atoms with Gasteiger partial charge < -0.3 is 30.8 Å². The maximum atomic E-state index is 12.1. The molecule has 0 unspecified atom stereocenters. The molecule has 1 radical (unpaired) electrons. The van der Waals surface area contributed by atoms with Gasteiger partial charge in [0.2, 0.25) is 0 Å². The summed E-state index contributed by atoms with van der Waals surface area (Å²) < 4.78 is 97.0. The van der Waals surface area contributed by atoms with Crippen molar-refractivity contribution in [1.82, 2.24) is 10.1 Å². The number of halogens is 8. The van der Waals surface area contributed by atoms with Crippen molar-refractivity contribution in [3.63, 3.8) is 0 Å². The third-order valence-corrected chi connectivity index (χ3v) is 2.09. The van der Waals surface area contributed by atoms with Crippen LogP contribution in [0.1, 0.15) is 0 Å². The fourth-order valence-electron chi connectivity index (χ4n) is 0.715. The van der Waals surface area contributed by atoms with Crippen LogP contribution >= 0.6 is 0 Å². The first kappa shape index (κ1) is 31.4. The minimum Gasteiger partial charge on any atom is -0.476 e. The Bertz CT molecular complexity index is 541. The van der Waals surface area contributed by atoms with Crippen LogP contribution in [0.3, 0.4) is 0 Å². The molecule has 0 aliphatic carbocycles. The van der Waals surface area contributed by atoms with Crippen LogP contribution in [0, 0.1) is 0 Å². The van der Waals surface area contributed by atoms with Crippen LogP contribution in [0.25, 0.3) is 0 Å². The van der Waals surface area contributed by atoms with Gasteiger partial charge in [0, 0.05) is 0 Å². The summed E-state index contributed by atoms with van der Waals surface area (Å²) in [5, 5.41) is 42.1. The zero-order valence-electron chi connectivity index (χ0n) is 12.7. The van der Waals surface area contributed by atoms with E-state index in [2.05, 4.69) is 0 Å². The first-order chi connectivity index (χ1) is 12.1. The topological polar surface area (TPSA) is 196 Å². The first-order valence-corrected chi connectivity index (χ1v) is 5.52. The number of aliphatic carboxylic acids is 4. The molecule has 0 aromatic rings. The van der Waals surface area contributed by atoms with E-state index in [0.717, 1.165) is 0 Å². The van der Waals surface area contributed by atoms with Crippen molar-refractivity contribution in [2.75, 3.05) is 0 Å². The van der Waals surface area contributed by atoms with E-state index in [-0.39, 0.29) is 18.6 Å². The third-order valence-electron chi connectivity index (χ3n) is 2.09. The monoisotopic (exact) mass is 493 g/mol. The van der Waals surface area contributed by atoms with Crippen molar-refractivity contribution in [3.8, 4) is 0 Å². The molecular weight excluding hydrogens is 487 g/mol. The van der Waals surface area contributed by atoms with Gasteiger partial charge in [0.05, 0.1) is 0 Å². The number of alkyl halides is 8. The van der Waals surface area contributed by atoms with E-state index in [4.69, 9.17) is 30.8 Å². The summed E-state index contributed by atoms with van der Waals surface area (Å²) in [5.41, 5.74) is 0. The van der Waals surface area contributed by atoms with Crippen LogP contribution in [-0.4, -0.2) is 89.0 Å². The van der Waals surface area contributed by atoms with Gasteiger partial charge in [-0.1, -0.05) is 0 Å². The number of carboxylic acids is 4. The molecule has 0 aliphatic rings. The Hall–Kier alpha value is -2.26. The number of nitrogens with zero attached hydrogens (tertiary/aromatic N) is 2. The molecule has 0 bridgehead atoms. The molecule has 0 amide bonds. The number of hydrogen-bond donors (Lipinski definition) is 6. The van der Waals surface area contributed by atoms with E-state index in [1.807, 2.05) is 0 Å². The summed E-state index contributed by atoms with van der Waals surface area (Å²) in [6, 6.07) is -21.6. The van der Waals surface area contributed by atoms with E-state index < -0.39 is 58.2 Å². The summed E-state index contributed by atoms with van der Waals surface area (Å²) in [6.07, 6.45) is 0. The van der Waals surface area contributed by atoms with Crippen LogP contribution in [0.5, 0.6) is 0 Å². The van der Waals surface area contributed by atoms with E-state index >= 15 is 0 Å². The minimum absolute atomic E-state index is 0. The number of hydrogen-bond acceptors (Lipinski definition) is 8. The average molecular weight is 493 g/mol. The van der Waals surface area contributed by atoms with E-state index in [1.165, 1.54) is 0 Å². The van der Waals surface area contributed by atoms with Gasteiger partial charge in [-0.25, -0.2) is 19.2 Å². The largest absolute Gasteiger partial charge is 2.00 e. The fraction of sp³-hybridized carbons (Fsp3) is 0.500. The fourth-order valence-corrected chi connectivity index (χ4v) is 0.715. The molecule has 6 N–H and O–H groups in total. The predicted molar refractivity (Wildman–Crippen MR) is 57.6 cm³/mol. The molecule has 0 aliphatic heterocycles. The normalized spacial score (nSPS) is 12.6. The minimum atomic E-state index is -5.40. The van der Waals surface area contributed by atoms with Crippen molar-refractivity contribution >= 4 is 23.9 Å². The maximum Gasteiger partial charge on any atom is 2.00 e. The van der Waals surface area contributed by atoms with Crippen LogP contribution in [0.4, 0.5) is 35.1 Å². The van der Waals surface area contributed by atoms with Crippen molar-refractivity contribution in [2.24, 2.45) is 0 Å². The molecule has 0 heterocycles. The molecular formula is C8H6F8N2O10V+2. The van der Waals surface area contributed by atoms with Crippen LogP contribution in [-0.2, 0) is 37.7 Å². The zero-order valence-corrected chi connectivity index (χ0v) is 14.1. The SMILES string of the molecule is O=C(O)C(F)(F)N(O)C(F)(F)C(=O)O.O=C(O)C(F)(F)N(O)C(F)(F)C(=O)O.[V+2]. The number of rotatable bonds is 8. The molecule has 0 spiro atoms. The molecule has 0 saturated heterocycles. The second kappa shape index (κ2) is 9.98. The second-order valence-corrected chi connectivity index (χ2v) is 4.01. The molecule has 167 valence electrons. The summed E-state index contributed by atoms with van der Waals surface area (Å²) in [7, 11) is 0. The summed E-state index contributed by atoms with van der Waals surface area (Å²) >= 11 is 0. The molecule has 12 nitrogen and oxygen atoms in total. The first-order valence-electron chi connectivity index (χ1n) is 5.52. The summed E-state index contributed by atoms with van der Waals surface area (Å²) in [4.78, 5) is 38.6. The Morgan fingerprint density at radius 3 is 0.655 bits per heavy atom. The summed E-state index contributed by atoms with van der Waals surface area (Å²) in [5.74, 6) is -12.4. The molecule has 29 heavy (non-hydrogen) atoms. The predicted octanol–water partition coefficient (Wildman–Crippen LogP) is 0.0623. The van der Waals surface area contributed by atoms with Gasteiger partial charge >= 0.3 is 66.6 Å². The number of carbonyl (C=O) groups is 4. The molecule has 0 aromatic carbocycles. The second-order valence-electron chi connectivity index (χ2n) is 4.01. The van der Waals surface area contributed by atoms with Gasteiger partial charge in [0.15, 0.2) is 0 Å². The smallest absolute Gasteiger partial charge is 0.476 e. The van der Waals surface area contributed by atoms with Gasteiger partial charge in [0.25, 0.3) is 0 Å². The van der Waals surface area contributed by atoms with Gasteiger partial charge in [0.1, 0.15) is 0 Å². The zero-order chi connectivity index (χ0) is 23.5. The van der Waals surface area contributed by atoms with E-state index in [1.54, 1.807) is 0 Å². The maximum absolute atomic E-state index is 12.1. The third kappa shape index (κ3) is 6.94. The molecule has 0 saturated carbocycles. The van der Waals surface area contributed by atoms with Crippen molar-refractivity contribution in [3.05, 3.63) is 0 Å². The van der Waals surface area contributed by atoms with Gasteiger partial charge in [-0.15, -0.1) is 0 Å².